The zero-order chi connectivity index (χ0) is 20.8. The minimum atomic E-state index is -0.471. The summed E-state index contributed by atoms with van der Waals surface area (Å²) in [6.07, 6.45) is 2.90. The molecule has 0 aliphatic carbocycles. The maximum Gasteiger partial charge on any atom is 0.272 e. The number of hydrogen-bond donors (Lipinski definition) is 0. The van der Waals surface area contributed by atoms with Gasteiger partial charge in [0.25, 0.3) is 11.6 Å². The number of carbonyl (C=O) groups is 1. The summed E-state index contributed by atoms with van der Waals surface area (Å²) in [4.78, 5) is 27.3. The topological polar surface area (TPSA) is 86.7 Å². The molecule has 0 aliphatic heterocycles. The van der Waals surface area contributed by atoms with Crippen molar-refractivity contribution in [3.63, 3.8) is 0 Å². The van der Waals surface area contributed by atoms with Crippen molar-refractivity contribution in [2.24, 2.45) is 4.99 Å². The van der Waals surface area contributed by atoms with Gasteiger partial charge >= 0.3 is 0 Å². The third kappa shape index (κ3) is 5.17. The van der Waals surface area contributed by atoms with E-state index in [0.29, 0.717) is 35.1 Å². The first-order valence-electron chi connectivity index (χ1n) is 8.86. The summed E-state index contributed by atoms with van der Waals surface area (Å²) in [6.45, 7) is 3.52. The second-order valence-corrected chi connectivity index (χ2v) is 7.37. The van der Waals surface area contributed by atoms with Crippen LogP contribution in [0, 0.1) is 10.1 Å². The van der Waals surface area contributed by atoms with Gasteiger partial charge in [-0.1, -0.05) is 29.0 Å². The molecule has 1 heterocycles. The lowest BCUT2D eigenvalue weighted by Gasteiger charge is -2.06. The Bertz CT molecular complexity index is 1130. The molecule has 0 radical (unpaired) electrons. The van der Waals surface area contributed by atoms with Crippen molar-refractivity contribution in [3.05, 3.63) is 74.0 Å². The SMILES string of the molecule is CCOCCn1c(=NC(=O)C=Cc2ccc([N+](=O)[O-])cc2)sc2cccc(Cl)c21. The number of benzene rings is 2. The zero-order valence-electron chi connectivity index (χ0n) is 15.6. The number of halogens is 1. The van der Waals surface area contributed by atoms with Crippen molar-refractivity contribution in [1.29, 1.82) is 0 Å². The lowest BCUT2D eigenvalue weighted by molar-refractivity contribution is -0.384. The smallest absolute Gasteiger partial charge is 0.272 e. The number of carbonyl (C=O) groups excluding carboxylic acids is 1. The molecule has 0 bridgehead atoms. The molecule has 3 aromatic rings. The number of nitro groups is 1. The largest absolute Gasteiger partial charge is 0.380 e. The summed E-state index contributed by atoms with van der Waals surface area (Å²) < 4.78 is 8.25. The molecule has 0 atom stereocenters. The van der Waals surface area contributed by atoms with E-state index in [-0.39, 0.29) is 5.69 Å². The van der Waals surface area contributed by atoms with E-state index in [0.717, 1.165) is 10.2 Å². The molecule has 3 rings (SSSR count). The van der Waals surface area contributed by atoms with Crippen LogP contribution < -0.4 is 4.80 Å². The van der Waals surface area contributed by atoms with Crippen molar-refractivity contribution >= 4 is 50.8 Å². The number of nitro benzene ring substituents is 1. The first-order valence-corrected chi connectivity index (χ1v) is 10.1. The Morgan fingerprint density at radius 2 is 2.07 bits per heavy atom. The van der Waals surface area contributed by atoms with Crippen LogP contribution in [-0.4, -0.2) is 28.6 Å². The van der Waals surface area contributed by atoms with E-state index >= 15 is 0 Å². The van der Waals surface area contributed by atoms with Crippen LogP contribution in [0.2, 0.25) is 5.02 Å². The average Bonchev–Trinajstić information content (AvgIpc) is 3.05. The summed E-state index contributed by atoms with van der Waals surface area (Å²) in [5.74, 6) is -0.434. The van der Waals surface area contributed by atoms with Crippen molar-refractivity contribution in [2.75, 3.05) is 13.2 Å². The van der Waals surface area contributed by atoms with Crippen molar-refractivity contribution < 1.29 is 14.5 Å². The van der Waals surface area contributed by atoms with E-state index in [9.17, 15) is 14.9 Å². The van der Waals surface area contributed by atoms with E-state index in [1.807, 2.05) is 23.6 Å². The Balaban J connectivity index is 1.89. The molecule has 0 saturated heterocycles. The number of aromatic nitrogens is 1. The molecule has 0 unspecified atom stereocenters. The molecule has 0 spiro atoms. The Kier molecular flexibility index (Phi) is 6.92. The Morgan fingerprint density at radius 3 is 2.76 bits per heavy atom. The number of fused-ring (bicyclic) bond motifs is 1. The van der Waals surface area contributed by atoms with Crippen LogP contribution in [0.5, 0.6) is 0 Å². The lowest BCUT2D eigenvalue weighted by atomic mass is 10.2. The second-order valence-electron chi connectivity index (χ2n) is 5.95. The highest BCUT2D eigenvalue weighted by Gasteiger charge is 2.10. The van der Waals surface area contributed by atoms with Gasteiger partial charge in [0.1, 0.15) is 0 Å². The lowest BCUT2D eigenvalue weighted by Crippen LogP contribution is -2.19. The number of amides is 1. The number of hydrogen-bond acceptors (Lipinski definition) is 5. The number of non-ortho nitro benzene ring substituents is 1. The minimum Gasteiger partial charge on any atom is -0.380 e. The van der Waals surface area contributed by atoms with Crippen LogP contribution >= 0.6 is 22.9 Å². The Labute approximate surface area is 175 Å². The van der Waals surface area contributed by atoms with Gasteiger partial charge in [-0.2, -0.15) is 4.99 Å². The highest BCUT2D eigenvalue weighted by atomic mass is 35.5. The molecule has 150 valence electrons. The molecule has 0 fully saturated rings. The first-order chi connectivity index (χ1) is 14.0. The van der Waals surface area contributed by atoms with Gasteiger partial charge in [0.2, 0.25) is 0 Å². The summed E-state index contributed by atoms with van der Waals surface area (Å²) in [7, 11) is 0. The normalized spacial score (nSPS) is 12.1. The van der Waals surface area contributed by atoms with E-state index in [4.69, 9.17) is 16.3 Å². The van der Waals surface area contributed by atoms with Crippen LogP contribution in [0.3, 0.4) is 0 Å². The van der Waals surface area contributed by atoms with Gasteiger partial charge in [-0.05, 0) is 42.8 Å². The molecular formula is C20H18ClN3O4S. The van der Waals surface area contributed by atoms with Crippen molar-refractivity contribution in [1.82, 2.24) is 4.57 Å². The predicted octanol–water partition coefficient (Wildman–Crippen LogP) is 4.44. The summed E-state index contributed by atoms with van der Waals surface area (Å²) in [6, 6.07) is 11.5. The fraction of sp³-hybridized carbons (Fsp3) is 0.200. The Hall–Kier alpha value is -2.81. The molecule has 0 N–H and O–H groups in total. The number of para-hydroxylation sites is 1. The van der Waals surface area contributed by atoms with Crippen molar-refractivity contribution in [3.8, 4) is 0 Å². The molecule has 1 amide bonds. The number of rotatable bonds is 7. The van der Waals surface area contributed by atoms with Gasteiger partial charge in [0, 0.05) is 31.4 Å². The van der Waals surface area contributed by atoms with Crippen LogP contribution in [0.15, 0.2) is 53.5 Å². The van der Waals surface area contributed by atoms with Crippen LogP contribution in [0.25, 0.3) is 16.3 Å². The molecular weight excluding hydrogens is 414 g/mol. The van der Waals surface area contributed by atoms with E-state index in [1.165, 1.54) is 29.5 Å². The van der Waals surface area contributed by atoms with Crippen LogP contribution in [-0.2, 0) is 16.1 Å². The van der Waals surface area contributed by atoms with Gasteiger partial charge in [-0.15, -0.1) is 0 Å². The quantitative estimate of drug-likeness (QED) is 0.239. The maximum atomic E-state index is 12.4. The van der Waals surface area contributed by atoms with Crippen LogP contribution in [0.4, 0.5) is 5.69 Å². The van der Waals surface area contributed by atoms with Crippen LogP contribution in [0.1, 0.15) is 12.5 Å². The molecule has 1 aromatic heterocycles. The van der Waals surface area contributed by atoms with E-state index in [2.05, 4.69) is 4.99 Å². The number of ether oxygens (including phenoxy) is 1. The standard InChI is InChI=1S/C20H18ClN3O4S/c1-2-28-13-12-23-19-16(21)4-3-5-17(19)29-20(23)22-18(25)11-8-14-6-9-15(10-7-14)24(26)27/h3-11H,2,12-13H2,1H3. The first kappa shape index (κ1) is 20.9. The zero-order valence-corrected chi connectivity index (χ0v) is 17.2. The van der Waals surface area contributed by atoms with Gasteiger partial charge < -0.3 is 9.30 Å². The second kappa shape index (κ2) is 9.60. The Morgan fingerprint density at radius 1 is 1.31 bits per heavy atom. The average molecular weight is 432 g/mol. The summed E-state index contributed by atoms with van der Waals surface area (Å²) >= 11 is 7.74. The number of nitrogens with zero attached hydrogens (tertiary/aromatic N) is 3. The predicted molar refractivity (Wildman–Crippen MR) is 114 cm³/mol. The monoisotopic (exact) mass is 431 g/mol. The third-order valence-corrected chi connectivity index (χ3v) is 5.39. The highest BCUT2D eigenvalue weighted by molar-refractivity contribution is 7.16. The van der Waals surface area contributed by atoms with Gasteiger partial charge in [-0.25, -0.2) is 0 Å². The maximum absolute atomic E-state index is 12.4. The van der Waals surface area contributed by atoms with Gasteiger partial charge in [0.05, 0.1) is 26.8 Å². The molecule has 0 aliphatic rings. The minimum absolute atomic E-state index is 0.00402. The highest BCUT2D eigenvalue weighted by Crippen LogP contribution is 2.25. The summed E-state index contributed by atoms with van der Waals surface area (Å²) in [5, 5.41) is 11.3. The molecule has 2 aromatic carbocycles. The fourth-order valence-corrected chi connectivity index (χ4v) is 4.11. The van der Waals surface area contributed by atoms with Gasteiger partial charge in [0.15, 0.2) is 4.80 Å². The number of thiazole rings is 1. The molecule has 29 heavy (non-hydrogen) atoms. The van der Waals surface area contributed by atoms with E-state index < -0.39 is 10.8 Å². The molecule has 0 saturated carbocycles. The van der Waals surface area contributed by atoms with Gasteiger partial charge in [-0.3, -0.25) is 14.9 Å². The van der Waals surface area contributed by atoms with E-state index in [1.54, 1.807) is 24.3 Å². The third-order valence-electron chi connectivity index (χ3n) is 4.04. The molecule has 7 nitrogen and oxygen atoms in total. The van der Waals surface area contributed by atoms with Crippen molar-refractivity contribution in [2.45, 2.75) is 13.5 Å². The summed E-state index contributed by atoms with van der Waals surface area (Å²) in [5.41, 5.74) is 1.49. The molecule has 9 heteroatoms. The fourth-order valence-electron chi connectivity index (χ4n) is 2.69.